The number of methoxy groups -OCH3 is 1. The van der Waals surface area contributed by atoms with Crippen LogP contribution in [0.3, 0.4) is 0 Å². The second-order valence-corrected chi connectivity index (χ2v) is 30.7. The SMILES string of the molecule is C=C1CC(c2sc(C)nc2CC)=NO1.CCCOc1nc(C)sc1C(=O)O.CCOc1nc(C)sc1C(=O)O.CCOc1nc(C)sc1C1=NOC(=O)C1.CCc1nc(C)sc1C(=O)O.COc1nc(C)sc1C(=O)O.Cc1nc(CC(C)C)c(C(=O)O)s1.Cc1nc(OC(C)C)c(C(=O)O)s1. The van der Waals surface area contributed by atoms with Gasteiger partial charge in [-0.1, -0.05) is 51.5 Å². The highest BCUT2D eigenvalue weighted by Gasteiger charge is 2.26. The monoisotopic (exact) mass is 1570 g/mol. The van der Waals surface area contributed by atoms with Crippen molar-refractivity contribution in [1.82, 2.24) is 39.9 Å². The molecule has 2 aliphatic heterocycles. The van der Waals surface area contributed by atoms with Crippen molar-refractivity contribution in [3.8, 4) is 29.4 Å². The summed E-state index contributed by atoms with van der Waals surface area (Å²) in [6.07, 6.45) is 4.06. The lowest BCUT2D eigenvalue weighted by molar-refractivity contribution is -0.140. The average molecular weight is 1570 g/mol. The highest BCUT2D eigenvalue weighted by molar-refractivity contribution is 7.16. The lowest BCUT2D eigenvalue weighted by Gasteiger charge is -2.06. The van der Waals surface area contributed by atoms with Gasteiger partial charge in [-0.05, 0) is 115 Å². The van der Waals surface area contributed by atoms with Crippen molar-refractivity contribution < 1.29 is 97.6 Å². The number of hydrogen-bond donors (Lipinski definition) is 6. The Balaban J connectivity index is 0.000000304. The van der Waals surface area contributed by atoms with E-state index < -0.39 is 35.8 Å². The molecule has 8 aromatic rings. The van der Waals surface area contributed by atoms with Crippen LogP contribution in [0.1, 0.15) is 207 Å². The number of aryl methyl sites for hydroxylation is 10. The lowest BCUT2D eigenvalue weighted by Crippen LogP contribution is -2.08. The van der Waals surface area contributed by atoms with Gasteiger partial charge in [0.2, 0.25) is 29.4 Å². The van der Waals surface area contributed by atoms with Gasteiger partial charge in [-0.3, -0.25) is 0 Å². The number of aromatic nitrogens is 8. The third kappa shape index (κ3) is 28.6. The van der Waals surface area contributed by atoms with Crippen LogP contribution in [0.15, 0.2) is 22.6 Å². The zero-order valence-corrected chi connectivity index (χ0v) is 65.9. The van der Waals surface area contributed by atoms with E-state index in [0.717, 1.165) is 111 Å². The molecule has 0 spiro atoms. The zero-order valence-electron chi connectivity index (χ0n) is 59.4. The first-order valence-corrected chi connectivity index (χ1v) is 37.5. The van der Waals surface area contributed by atoms with E-state index >= 15 is 0 Å². The summed E-state index contributed by atoms with van der Waals surface area (Å²) in [6, 6.07) is 0. The molecular weight excluding hydrogens is 1490 g/mol. The normalized spacial score (nSPS) is 11.6. The number of carboxylic acids is 6. The Morgan fingerprint density at radius 2 is 0.794 bits per heavy atom. The summed E-state index contributed by atoms with van der Waals surface area (Å²) in [7, 11) is 1.40. The van der Waals surface area contributed by atoms with Crippen molar-refractivity contribution in [1.29, 1.82) is 0 Å². The second-order valence-electron chi connectivity index (χ2n) is 21.1. The molecule has 2 aliphatic rings. The number of allylic oxidation sites excluding steroid dienone is 1. The van der Waals surface area contributed by atoms with Gasteiger partial charge >= 0.3 is 41.8 Å². The van der Waals surface area contributed by atoms with Crippen LogP contribution in [0.2, 0.25) is 0 Å². The Labute approximate surface area is 620 Å². The molecule has 0 bridgehead atoms. The molecule has 0 amide bonds. The number of aromatic carboxylic acids is 6. The maximum absolute atomic E-state index is 10.9. The molecule has 8 aromatic heterocycles. The summed E-state index contributed by atoms with van der Waals surface area (Å²) in [5.74, 6) is -3.40. The minimum Gasteiger partial charge on any atom is -0.480 e. The van der Waals surface area contributed by atoms with Crippen LogP contribution in [0.4, 0.5) is 0 Å². The fourth-order valence-electron chi connectivity index (χ4n) is 7.87. The number of rotatable bonds is 22. The Hall–Kier alpha value is -8.79. The molecule has 556 valence electrons. The van der Waals surface area contributed by atoms with Crippen LogP contribution >= 0.6 is 90.7 Å². The summed E-state index contributed by atoms with van der Waals surface area (Å²) in [6.45, 7) is 37.2. The summed E-state index contributed by atoms with van der Waals surface area (Å²) < 4.78 is 25.6. The van der Waals surface area contributed by atoms with E-state index in [9.17, 15) is 33.6 Å². The summed E-state index contributed by atoms with van der Waals surface area (Å²) >= 11 is 10.1. The van der Waals surface area contributed by atoms with Crippen molar-refractivity contribution >= 4 is 144 Å². The molecule has 10 heterocycles. The third-order valence-corrected chi connectivity index (χ3v) is 19.5. The van der Waals surface area contributed by atoms with Crippen LogP contribution in [-0.4, -0.2) is 157 Å². The van der Waals surface area contributed by atoms with E-state index in [-0.39, 0.29) is 61.5 Å². The molecule has 0 aromatic carbocycles. The molecule has 0 saturated carbocycles. The number of hydrogen-bond acceptors (Lipinski definition) is 32. The van der Waals surface area contributed by atoms with Gasteiger partial charge in [0.05, 0.1) is 108 Å². The Bertz CT molecular complexity index is 4080. The molecule has 102 heavy (non-hydrogen) atoms. The molecule has 30 nitrogen and oxygen atoms in total. The topological polar surface area (TPSA) is 433 Å². The minimum absolute atomic E-state index is 0.0559. The van der Waals surface area contributed by atoms with Gasteiger partial charge in [0.25, 0.3) is 0 Å². The Kier molecular flexibility index (Phi) is 37.1. The van der Waals surface area contributed by atoms with Gasteiger partial charge in [-0.25, -0.2) is 73.4 Å². The Morgan fingerprint density at radius 1 is 0.441 bits per heavy atom. The molecule has 10 rings (SSSR count). The predicted molar refractivity (Wildman–Crippen MR) is 393 cm³/mol. The number of carbonyl (C=O) groups is 7. The molecule has 0 radical (unpaired) electrons. The van der Waals surface area contributed by atoms with Crippen LogP contribution in [0, 0.1) is 61.3 Å². The highest BCUT2D eigenvalue weighted by Crippen LogP contribution is 2.32. The summed E-state index contributed by atoms with van der Waals surface area (Å²) in [5, 5.41) is 66.5. The average Bonchev–Trinajstić information content (AvgIpc) is 1.69. The molecule has 0 fully saturated rings. The number of thiazole rings is 8. The van der Waals surface area contributed by atoms with E-state index in [0.29, 0.717) is 91.4 Å². The van der Waals surface area contributed by atoms with Gasteiger partial charge in [0.15, 0.2) is 19.5 Å². The van der Waals surface area contributed by atoms with Gasteiger partial charge in [-0.15, -0.1) is 90.7 Å². The molecule has 0 unspecified atom stereocenters. The first kappa shape index (κ1) is 87.4. The second kappa shape index (κ2) is 43.2. The van der Waals surface area contributed by atoms with Gasteiger partial charge in [0, 0.05) is 0 Å². The van der Waals surface area contributed by atoms with Crippen LogP contribution in [-0.2, 0) is 33.7 Å². The molecular formula is C64H82N10O20S8. The quantitative estimate of drug-likeness (QED) is 0.0343. The molecule has 0 saturated heterocycles. The smallest absolute Gasteiger partial charge is 0.351 e. The van der Waals surface area contributed by atoms with Crippen LogP contribution in [0.5, 0.6) is 29.4 Å². The largest absolute Gasteiger partial charge is 0.480 e. The lowest BCUT2D eigenvalue weighted by atomic mass is 10.1. The molecule has 0 atom stereocenters. The van der Waals surface area contributed by atoms with E-state index in [1.165, 1.54) is 41.1 Å². The molecule has 0 aliphatic carbocycles. The van der Waals surface area contributed by atoms with Gasteiger partial charge in [0.1, 0.15) is 31.8 Å². The van der Waals surface area contributed by atoms with E-state index in [1.54, 1.807) is 46.0 Å². The Morgan fingerprint density at radius 3 is 1.19 bits per heavy atom. The maximum atomic E-state index is 10.9. The van der Waals surface area contributed by atoms with Crippen LogP contribution in [0.25, 0.3) is 0 Å². The van der Waals surface area contributed by atoms with Crippen molar-refractivity contribution in [3.63, 3.8) is 0 Å². The number of carboxylic acid groups (broad SMARTS) is 6. The van der Waals surface area contributed by atoms with Crippen LogP contribution < -0.4 is 23.7 Å². The third-order valence-electron chi connectivity index (χ3n) is 11.7. The fourth-order valence-corrected chi connectivity index (χ4v) is 14.2. The first-order chi connectivity index (χ1) is 48.0. The summed E-state index contributed by atoms with van der Waals surface area (Å²) in [4.78, 5) is 120. The van der Waals surface area contributed by atoms with Crippen molar-refractivity contribution in [3.05, 3.63) is 108 Å². The van der Waals surface area contributed by atoms with Crippen molar-refractivity contribution in [2.75, 3.05) is 26.9 Å². The fraction of sp³-hybridized carbons (Fsp3) is 0.453. The predicted octanol–water partition coefficient (Wildman–Crippen LogP) is 14.8. The minimum atomic E-state index is -0.993. The van der Waals surface area contributed by atoms with E-state index in [2.05, 4.69) is 82.4 Å². The standard InChI is InChI=1S/C10H12N2OS.C9H10N2O3S.C9H13NO2S.2C8H11NO3S.C7H9NO3S.C7H9NO2S.C6H7NO3S/c1-4-8-10(14-7(3)11-8)9-5-6(2)13-12-9;1-3-13-9-8(15-5(2)10-9)6-4-7(12)14-11-6;1-5(2)4-7-8(9(11)12)13-6(3)10-7;1-4(2)12-7-6(8(10)11)13-5(3)9-7;1-3-4-12-7-6(8(10)11)13-5(2)9-7;1-3-11-6-5(7(9)10)12-4(2)8-6;1-3-5-6(7(9)10)11-4(2)8-5;1-3-7-5(10-2)4(11-3)6(8)9/h2,4-5H2,1,3H3;3-4H2,1-2H3;5H,4H2,1-3H3,(H,11,12);4H,1-3H3,(H,10,11);3-4H2,1-2H3,(H,10,11);3H2,1-2H3,(H,9,10);3H2,1-2H3,(H,9,10);1-2H3,(H,8,9). The van der Waals surface area contributed by atoms with Gasteiger partial charge < -0.3 is 64.0 Å². The summed E-state index contributed by atoms with van der Waals surface area (Å²) in [5.41, 5.74) is 4.11. The van der Waals surface area contributed by atoms with E-state index in [1.807, 2.05) is 62.3 Å². The highest BCUT2D eigenvalue weighted by atomic mass is 32.1. The number of carbonyl (C=O) groups excluding carboxylic acids is 1. The van der Waals surface area contributed by atoms with Crippen molar-refractivity contribution in [2.24, 2.45) is 16.2 Å². The molecule has 38 heteroatoms. The van der Waals surface area contributed by atoms with Crippen molar-refractivity contribution in [2.45, 2.75) is 162 Å². The zero-order chi connectivity index (χ0) is 76.8. The van der Waals surface area contributed by atoms with E-state index in [4.69, 9.17) is 59.2 Å². The number of nitrogens with zero attached hydrogens (tertiary/aromatic N) is 10. The maximum Gasteiger partial charge on any atom is 0.351 e. The van der Waals surface area contributed by atoms with Gasteiger partial charge in [-0.2, -0.15) is 0 Å². The number of ether oxygens (including phenoxy) is 5. The first-order valence-electron chi connectivity index (χ1n) is 30.9. The number of oxime groups is 2. The molecule has 6 N–H and O–H groups in total.